The number of urea groups is 1. The van der Waals surface area contributed by atoms with E-state index in [1.54, 1.807) is 17.7 Å². The molecule has 17 heteroatoms. The Hall–Kier alpha value is -2.46. The topological polar surface area (TPSA) is 178 Å². The lowest BCUT2D eigenvalue weighted by Crippen LogP contribution is -2.48. The van der Waals surface area contributed by atoms with Gasteiger partial charge in [0.2, 0.25) is 0 Å². The Bertz CT molecular complexity index is 955. The van der Waals surface area contributed by atoms with Crippen LogP contribution in [0.4, 0.5) is 4.79 Å². The molecule has 13 nitrogen and oxygen atoms in total. The number of hydroxylamine groups is 2. The third kappa shape index (κ3) is 5.17. The van der Waals surface area contributed by atoms with Gasteiger partial charge in [-0.15, -0.1) is 15.6 Å². The molecular formula is C13H17B2N6O7S2. The maximum absolute atomic E-state index is 12.7. The van der Waals surface area contributed by atoms with Crippen LogP contribution in [-0.4, -0.2) is 90.8 Å². The van der Waals surface area contributed by atoms with Gasteiger partial charge in [-0.3, -0.25) is 9.96 Å². The highest BCUT2D eigenvalue weighted by Crippen LogP contribution is 2.35. The molecule has 0 unspecified atom stereocenters. The number of hydrogen-bond acceptors (Lipinski definition) is 10. The number of aromatic nitrogens is 1. The van der Waals surface area contributed by atoms with Crippen LogP contribution in [0, 0.1) is 5.41 Å². The summed E-state index contributed by atoms with van der Waals surface area (Å²) in [5, 5.41) is 22.3. The minimum absolute atomic E-state index is 0.104. The highest BCUT2D eigenvalue weighted by atomic mass is 32.3. The van der Waals surface area contributed by atoms with Crippen LogP contribution in [0.5, 0.6) is 0 Å². The molecule has 1 saturated heterocycles. The quantitative estimate of drug-likeness (QED) is 0.158. The van der Waals surface area contributed by atoms with E-state index in [4.69, 9.17) is 14.6 Å². The third-order valence-electron chi connectivity index (χ3n) is 4.13. The van der Waals surface area contributed by atoms with E-state index in [2.05, 4.69) is 19.5 Å². The van der Waals surface area contributed by atoms with Crippen molar-refractivity contribution in [1.29, 1.82) is 5.41 Å². The van der Waals surface area contributed by atoms with Gasteiger partial charge in [-0.2, -0.15) is 13.5 Å². The Kier molecular flexibility index (Phi) is 6.77. The zero-order valence-electron chi connectivity index (χ0n) is 15.6. The van der Waals surface area contributed by atoms with Crippen molar-refractivity contribution in [1.82, 2.24) is 20.3 Å². The maximum Gasteiger partial charge on any atom is 0.447 e. The average Bonchev–Trinajstić information content (AvgIpc) is 3.27. The van der Waals surface area contributed by atoms with Crippen molar-refractivity contribution < 1.29 is 31.7 Å². The number of nitrogens with zero attached hydrogens (tertiary/aromatic N) is 4. The molecule has 1 radical (unpaired) electrons. The Labute approximate surface area is 177 Å². The van der Waals surface area contributed by atoms with Gasteiger partial charge in [0.25, 0.3) is 0 Å². The number of amidine groups is 1. The largest absolute Gasteiger partial charge is 0.548 e. The lowest BCUT2D eigenvalue weighted by atomic mass is 9.87. The number of carbonyl (C=O) groups is 1. The zero-order valence-corrected chi connectivity index (χ0v) is 17.2. The standard InChI is InChI=1S/C13H17B2N6O7S2/c1-15(23)19-12(14-27-7-16)18-5-10-9(11-17-2-3-29-11)4-8-6-20(10)13(22)21(8)28-30(24,25)26/h2-4,7-8,10,16,23H,5-6H2,1H3,(H,18,19)(H,24,25,26)/t8-,10-/m1/s1. The first-order valence-corrected chi connectivity index (χ1v) is 10.8. The summed E-state index contributed by atoms with van der Waals surface area (Å²) in [7, 11) is -4.81. The molecule has 30 heavy (non-hydrogen) atoms. The van der Waals surface area contributed by atoms with Crippen molar-refractivity contribution in [2.75, 3.05) is 13.1 Å². The van der Waals surface area contributed by atoms with E-state index in [-0.39, 0.29) is 18.8 Å². The van der Waals surface area contributed by atoms with Gasteiger partial charge in [0, 0.05) is 30.2 Å². The van der Waals surface area contributed by atoms with Gasteiger partial charge in [-0.25, -0.2) is 9.78 Å². The molecule has 1 aromatic rings. The number of amides is 2. The minimum atomic E-state index is -4.89. The Morgan fingerprint density at radius 1 is 1.63 bits per heavy atom. The fourth-order valence-electron chi connectivity index (χ4n) is 3.10. The van der Waals surface area contributed by atoms with Crippen LogP contribution in [0.15, 0.2) is 22.6 Å². The maximum atomic E-state index is 12.7. The Morgan fingerprint density at radius 3 is 3.00 bits per heavy atom. The number of hydrogen-bond donors (Lipinski definition) is 4. The molecule has 0 spiro atoms. The highest BCUT2D eigenvalue weighted by Gasteiger charge is 2.48. The SMILES string of the molecule is CB(O)N=C([B]OC=N)NC[C@@H]1C(c2nccs2)=C[C@@H]2CN1C(=O)N2OS(=O)(=O)O. The van der Waals surface area contributed by atoms with E-state index in [1.165, 1.54) is 23.1 Å². The second kappa shape index (κ2) is 9.13. The molecule has 1 fully saturated rings. The number of fused-ring (bicyclic) bond motifs is 2. The number of nitrogens with one attached hydrogen (secondary N) is 2. The van der Waals surface area contributed by atoms with Crippen LogP contribution >= 0.6 is 11.3 Å². The predicted octanol–water partition coefficient (Wildman–Crippen LogP) is -0.952. The molecule has 3 rings (SSSR count). The second-order valence-corrected chi connectivity index (χ2v) is 8.10. The summed E-state index contributed by atoms with van der Waals surface area (Å²) in [5.74, 6) is 0. The molecule has 2 atom stereocenters. The minimum Gasteiger partial charge on any atom is -0.548 e. The molecule has 4 N–H and O–H groups in total. The van der Waals surface area contributed by atoms with E-state index in [0.29, 0.717) is 22.0 Å². The van der Waals surface area contributed by atoms with Gasteiger partial charge < -0.3 is 24.8 Å². The summed E-state index contributed by atoms with van der Waals surface area (Å²) in [4.78, 5) is 22.3. The summed E-state index contributed by atoms with van der Waals surface area (Å²) < 4.78 is 40.5. The van der Waals surface area contributed by atoms with Crippen molar-refractivity contribution in [3.63, 3.8) is 0 Å². The van der Waals surface area contributed by atoms with E-state index >= 15 is 0 Å². The van der Waals surface area contributed by atoms with E-state index < -0.39 is 35.6 Å². The molecule has 2 amide bonds. The van der Waals surface area contributed by atoms with Crippen LogP contribution in [-0.2, 0) is 19.3 Å². The van der Waals surface area contributed by atoms with Crippen LogP contribution in [0.1, 0.15) is 5.01 Å². The molecule has 0 saturated carbocycles. The van der Waals surface area contributed by atoms with Crippen molar-refractivity contribution in [2.45, 2.75) is 18.9 Å². The molecular weight excluding hydrogens is 438 g/mol. The van der Waals surface area contributed by atoms with Gasteiger partial charge in [0.15, 0.2) is 0 Å². The van der Waals surface area contributed by atoms with Gasteiger partial charge in [0.1, 0.15) is 11.4 Å². The summed E-state index contributed by atoms with van der Waals surface area (Å²) >= 11 is 1.33. The molecule has 0 aliphatic carbocycles. The molecule has 2 aliphatic rings. The monoisotopic (exact) mass is 455 g/mol. The lowest BCUT2D eigenvalue weighted by Gasteiger charge is -2.31. The van der Waals surface area contributed by atoms with Gasteiger partial charge in [-0.1, -0.05) is 0 Å². The second-order valence-electron chi connectivity index (χ2n) is 6.20. The van der Waals surface area contributed by atoms with Crippen molar-refractivity contribution in [2.24, 2.45) is 4.90 Å². The van der Waals surface area contributed by atoms with Gasteiger partial charge in [-0.05, 0) is 12.9 Å². The van der Waals surface area contributed by atoms with Crippen molar-refractivity contribution >= 4 is 60.0 Å². The molecule has 2 aliphatic heterocycles. The fourth-order valence-corrected chi connectivity index (χ4v) is 4.19. The van der Waals surface area contributed by atoms with E-state index in [0.717, 1.165) is 7.48 Å². The van der Waals surface area contributed by atoms with Crippen LogP contribution in [0.2, 0.25) is 6.82 Å². The normalized spacial score (nSPS) is 21.4. The van der Waals surface area contributed by atoms with Crippen LogP contribution in [0.25, 0.3) is 5.57 Å². The Morgan fingerprint density at radius 2 is 2.40 bits per heavy atom. The fraction of sp³-hybridized carbons (Fsp3) is 0.385. The summed E-state index contributed by atoms with van der Waals surface area (Å²) in [6.45, 7) is 1.66. The Balaban J connectivity index is 1.87. The first-order valence-electron chi connectivity index (χ1n) is 8.55. The van der Waals surface area contributed by atoms with Crippen molar-refractivity contribution in [3.8, 4) is 0 Å². The number of thiazole rings is 1. The predicted molar refractivity (Wildman–Crippen MR) is 109 cm³/mol. The van der Waals surface area contributed by atoms with Gasteiger partial charge in [0.05, 0.1) is 17.8 Å². The van der Waals surface area contributed by atoms with E-state index in [1.807, 2.05) is 0 Å². The van der Waals surface area contributed by atoms with E-state index in [9.17, 15) is 18.2 Å². The molecule has 2 bridgehead atoms. The highest BCUT2D eigenvalue weighted by molar-refractivity contribution is 7.80. The molecule has 3 heterocycles. The molecule has 0 aromatic carbocycles. The smallest absolute Gasteiger partial charge is 0.447 e. The van der Waals surface area contributed by atoms with Crippen LogP contribution in [0.3, 0.4) is 0 Å². The number of carbonyl (C=O) groups excluding carboxylic acids is 1. The summed E-state index contributed by atoms with van der Waals surface area (Å²) in [6.07, 6.45) is 3.93. The number of rotatable bonds is 9. The first-order chi connectivity index (χ1) is 14.2. The average molecular weight is 455 g/mol. The van der Waals surface area contributed by atoms with Gasteiger partial charge >= 0.3 is 31.0 Å². The first kappa shape index (κ1) is 22.2. The lowest BCUT2D eigenvalue weighted by molar-refractivity contribution is -0.0185. The summed E-state index contributed by atoms with van der Waals surface area (Å²) in [5.41, 5.74) is 0.778. The van der Waals surface area contributed by atoms with Crippen molar-refractivity contribution in [3.05, 3.63) is 22.7 Å². The van der Waals surface area contributed by atoms with Crippen LogP contribution < -0.4 is 5.32 Å². The molecule has 159 valence electrons. The zero-order chi connectivity index (χ0) is 21.9. The third-order valence-corrected chi connectivity index (χ3v) is 5.30. The molecule has 1 aromatic heterocycles. The summed E-state index contributed by atoms with van der Waals surface area (Å²) in [6, 6.07) is -2.09.